The van der Waals surface area contributed by atoms with E-state index in [9.17, 15) is 14.7 Å². The Hall–Kier alpha value is -3.74. The molecule has 28 heavy (non-hydrogen) atoms. The molecular weight excluding hydrogens is 358 g/mol. The Balaban J connectivity index is 1.99. The highest BCUT2D eigenvalue weighted by molar-refractivity contribution is 5.46. The van der Waals surface area contributed by atoms with Crippen molar-refractivity contribution in [2.24, 2.45) is 0 Å². The third-order valence-corrected chi connectivity index (χ3v) is 4.86. The molecule has 0 saturated carbocycles. The average Bonchev–Trinajstić information content (AvgIpc) is 3.18. The molecule has 0 bridgehead atoms. The molecule has 2 aromatic carbocycles. The van der Waals surface area contributed by atoms with E-state index in [0.29, 0.717) is 33.8 Å². The minimum Gasteiger partial charge on any atom is -0.508 e. The zero-order valence-electron chi connectivity index (χ0n) is 15.4. The number of aromatic nitrogens is 3. The van der Waals surface area contributed by atoms with E-state index in [1.54, 1.807) is 26.0 Å². The van der Waals surface area contributed by atoms with Crippen molar-refractivity contribution in [1.29, 1.82) is 0 Å². The first-order valence-electron chi connectivity index (χ1n) is 8.81. The first kappa shape index (κ1) is 17.7. The van der Waals surface area contributed by atoms with Gasteiger partial charge < -0.3 is 9.63 Å². The van der Waals surface area contributed by atoms with Gasteiger partial charge in [0, 0.05) is 5.69 Å². The number of hydrogen-bond acceptors (Lipinski definition) is 4. The van der Waals surface area contributed by atoms with Crippen LogP contribution in [-0.2, 0) is 0 Å². The summed E-state index contributed by atoms with van der Waals surface area (Å²) < 4.78 is 6.43. The maximum absolute atomic E-state index is 13.3. The van der Waals surface area contributed by atoms with Crippen LogP contribution in [0, 0.1) is 13.8 Å². The van der Waals surface area contributed by atoms with Crippen LogP contribution in [0.2, 0.25) is 0 Å². The smallest absolute Gasteiger partial charge is 0.361 e. The van der Waals surface area contributed by atoms with E-state index in [-0.39, 0.29) is 11.3 Å². The zero-order chi connectivity index (χ0) is 19.8. The quantitative estimate of drug-likeness (QED) is 0.509. The number of hydrogen-bond donors (Lipinski definition) is 3. The van der Waals surface area contributed by atoms with Crippen LogP contribution in [-0.4, -0.2) is 20.0 Å². The summed E-state index contributed by atoms with van der Waals surface area (Å²) in [6.07, 6.45) is 0. The van der Waals surface area contributed by atoms with Crippen LogP contribution in [0.1, 0.15) is 34.0 Å². The van der Waals surface area contributed by atoms with Gasteiger partial charge >= 0.3 is 5.63 Å². The number of H-pyrrole nitrogens is 2. The molecule has 1 unspecified atom stereocenters. The molecule has 0 spiro atoms. The third-order valence-electron chi connectivity index (χ3n) is 4.86. The molecule has 7 heteroatoms. The van der Waals surface area contributed by atoms with E-state index in [1.807, 2.05) is 30.3 Å². The monoisotopic (exact) mass is 377 g/mol. The number of rotatable bonds is 4. The Morgan fingerprint density at radius 3 is 2.21 bits per heavy atom. The van der Waals surface area contributed by atoms with Gasteiger partial charge in [0.1, 0.15) is 5.75 Å². The number of benzene rings is 2. The molecule has 0 saturated heterocycles. The van der Waals surface area contributed by atoms with Crippen molar-refractivity contribution >= 4 is 0 Å². The summed E-state index contributed by atoms with van der Waals surface area (Å²) >= 11 is 0. The Labute approximate surface area is 159 Å². The van der Waals surface area contributed by atoms with Gasteiger partial charge in [0.05, 0.1) is 28.4 Å². The van der Waals surface area contributed by atoms with Gasteiger partial charge in [0.15, 0.2) is 0 Å². The largest absolute Gasteiger partial charge is 0.508 e. The summed E-state index contributed by atoms with van der Waals surface area (Å²) in [4.78, 5) is 25.8. The molecule has 2 heterocycles. The maximum Gasteiger partial charge on any atom is 0.361 e. The molecule has 0 aliphatic carbocycles. The second-order valence-corrected chi connectivity index (χ2v) is 6.68. The van der Waals surface area contributed by atoms with E-state index < -0.39 is 11.5 Å². The number of nitrogens with one attached hydrogen (secondary N) is 2. The van der Waals surface area contributed by atoms with Crippen LogP contribution in [0.4, 0.5) is 0 Å². The lowest BCUT2D eigenvalue weighted by atomic mass is 9.85. The van der Waals surface area contributed by atoms with Crippen molar-refractivity contribution in [3.63, 3.8) is 0 Å². The van der Waals surface area contributed by atoms with E-state index in [2.05, 4.69) is 10.3 Å². The number of nitrogens with zero attached hydrogens (tertiary/aromatic N) is 1. The van der Waals surface area contributed by atoms with Crippen molar-refractivity contribution < 1.29 is 9.63 Å². The van der Waals surface area contributed by atoms with E-state index in [0.717, 1.165) is 0 Å². The van der Waals surface area contributed by atoms with E-state index >= 15 is 0 Å². The fraction of sp³-hybridized carbons (Fsp3) is 0.143. The van der Waals surface area contributed by atoms with Gasteiger partial charge in [-0.15, -0.1) is 0 Å². The average molecular weight is 377 g/mol. The molecule has 4 rings (SSSR count). The van der Waals surface area contributed by atoms with Crippen molar-refractivity contribution in [2.75, 3.05) is 0 Å². The van der Waals surface area contributed by atoms with Gasteiger partial charge in [-0.2, -0.15) is 0 Å². The van der Waals surface area contributed by atoms with Gasteiger partial charge in [-0.3, -0.25) is 9.89 Å². The predicted octanol–water partition coefficient (Wildman–Crippen LogP) is 2.95. The molecule has 0 aliphatic rings. The normalized spacial score (nSPS) is 12.2. The molecule has 1 atom stereocenters. The van der Waals surface area contributed by atoms with Gasteiger partial charge in [-0.1, -0.05) is 30.3 Å². The minimum atomic E-state index is -0.642. The Morgan fingerprint density at radius 2 is 1.61 bits per heavy atom. The topological polar surface area (TPSA) is 104 Å². The first-order chi connectivity index (χ1) is 13.5. The molecule has 4 aromatic rings. The fourth-order valence-electron chi connectivity index (χ4n) is 3.52. The summed E-state index contributed by atoms with van der Waals surface area (Å²) in [6.45, 7) is 3.53. The van der Waals surface area contributed by atoms with Gasteiger partial charge in [-0.25, -0.2) is 14.6 Å². The molecule has 3 N–H and O–H groups in total. The maximum atomic E-state index is 13.3. The van der Waals surface area contributed by atoms with Crippen molar-refractivity contribution in [1.82, 2.24) is 14.9 Å². The molecule has 2 aromatic heterocycles. The van der Waals surface area contributed by atoms with Gasteiger partial charge in [0.2, 0.25) is 0 Å². The first-order valence-corrected chi connectivity index (χ1v) is 8.81. The lowest BCUT2D eigenvalue weighted by Crippen LogP contribution is -2.23. The Bertz CT molecular complexity index is 1230. The SMILES string of the molecule is Cc1[nH]oc(=O)c1C(c1ccc(O)cc1)c1c(C)[nH]n(-c2ccccc2)c1=O. The predicted molar refractivity (Wildman–Crippen MR) is 104 cm³/mol. The van der Waals surface area contributed by atoms with Crippen molar-refractivity contribution in [3.05, 3.63) is 103 Å². The van der Waals surface area contributed by atoms with E-state index in [1.165, 1.54) is 16.8 Å². The van der Waals surface area contributed by atoms with Crippen molar-refractivity contribution in [3.8, 4) is 11.4 Å². The number of aromatic hydroxyl groups is 1. The molecule has 7 nitrogen and oxygen atoms in total. The van der Waals surface area contributed by atoms with Crippen LogP contribution < -0.4 is 11.2 Å². The Kier molecular flexibility index (Phi) is 4.27. The standard InChI is InChI=1S/C21H19N3O4/c1-12-17(20(26)24(22-12)15-6-4-3-5-7-15)19(14-8-10-16(25)11-9-14)18-13(2)23-28-21(18)27/h3-11,19,22-23,25H,1-2H3. The molecule has 0 amide bonds. The molecule has 0 radical (unpaired) electrons. The molecule has 0 fully saturated rings. The van der Waals surface area contributed by atoms with Crippen LogP contribution in [0.3, 0.4) is 0 Å². The summed E-state index contributed by atoms with van der Waals surface area (Å²) in [5, 5.41) is 15.3. The number of para-hydroxylation sites is 1. The lowest BCUT2D eigenvalue weighted by Gasteiger charge is -2.15. The summed E-state index contributed by atoms with van der Waals surface area (Å²) in [6, 6.07) is 15.7. The highest BCUT2D eigenvalue weighted by Gasteiger charge is 2.30. The number of aromatic amines is 2. The summed E-state index contributed by atoms with van der Waals surface area (Å²) in [7, 11) is 0. The van der Waals surface area contributed by atoms with Crippen molar-refractivity contribution in [2.45, 2.75) is 19.8 Å². The van der Waals surface area contributed by atoms with E-state index in [4.69, 9.17) is 4.52 Å². The summed E-state index contributed by atoms with van der Waals surface area (Å²) in [5.74, 6) is -0.537. The minimum absolute atomic E-state index is 0.104. The van der Waals surface area contributed by atoms with Crippen LogP contribution in [0.25, 0.3) is 5.69 Å². The molecule has 0 aliphatic heterocycles. The third kappa shape index (κ3) is 2.87. The number of phenolic OH excluding ortho intramolecular Hbond substituents is 1. The van der Waals surface area contributed by atoms with Crippen LogP contribution in [0.15, 0.2) is 68.7 Å². The van der Waals surface area contributed by atoms with Crippen LogP contribution >= 0.6 is 0 Å². The highest BCUT2D eigenvalue weighted by Crippen LogP contribution is 2.32. The molecule has 142 valence electrons. The molecular formula is C21H19N3O4. The zero-order valence-corrected chi connectivity index (χ0v) is 15.4. The lowest BCUT2D eigenvalue weighted by molar-refractivity contribution is 0.386. The Morgan fingerprint density at radius 1 is 0.929 bits per heavy atom. The number of phenols is 1. The summed E-state index contributed by atoms with van der Waals surface area (Å²) in [5.41, 5.74) is 2.64. The van der Waals surface area contributed by atoms with Gasteiger partial charge in [0.25, 0.3) is 5.56 Å². The second kappa shape index (κ2) is 6.77. The highest BCUT2D eigenvalue weighted by atomic mass is 16.5. The van der Waals surface area contributed by atoms with Crippen LogP contribution in [0.5, 0.6) is 5.75 Å². The second-order valence-electron chi connectivity index (χ2n) is 6.68. The fourth-order valence-corrected chi connectivity index (χ4v) is 3.52. The van der Waals surface area contributed by atoms with Gasteiger partial charge in [-0.05, 0) is 43.7 Å². The number of aryl methyl sites for hydroxylation is 2.